The van der Waals surface area contributed by atoms with Crippen LogP contribution in [-0.2, 0) is 5.75 Å². The second-order valence-corrected chi connectivity index (χ2v) is 6.18. The molecule has 0 heterocycles. The molecule has 0 aliphatic heterocycles. The molecular formula is C17H17FO2S. The van der Waals surface area contributed by atoms with Crippen LogP contribution in [0.5, 0.6) is 0 Å². The van der Waals surface area contributed by atoms with Gasteiger partial charge in [0.05, 0.1) is 5.56 Å². The molecule has 0 unspecified atom stereocenters. The molecular weight excluding hydrogens is 287 g/mol. The van der Waals surface area contributed by atoms with E-state index in [1.54, 1.807) is 17.8 Å². The molecule has 2 aromatic rings. The molecule has 0 bridgehead atoms. The summed E-state index contributed by atoms with van der Waals surface area (Å²) in [6, 6.07) is 12.6. The molecule has 0 saturated carbocycles. The second-order valence-electron chi connectivity index (χ2n) is 5.13. The summed E-state index contributed by atoms with van der Waals surface area (Å²) in [6.07, 6.45) is 0. The molecule has 110 valence electrons. The Hall–Kier alpha value is -1.81. The lowest BCUT2D eigenvalue weighted by atomic mass is 10.0. The molecule has 2 rings (SSSR count). The fraction of sp³-hybridized carbons (Fsp3) is 0.235. The van der Waals surface area contributed by atoms with Crippen molar-refractivity contribution in [2.45, 2.75) is 30.4 Å². The lowest BCUT2D eigenvalue weighted by Gasteiger charge is -2.07. The zero-order valence-corrected chi connectivity index (χ0v) is 12.8. The van der Waals surface area contributed by atoms with Gasteiger partial charge in [-0.1, -0.05) is 32.0 Å². The topological polar surface area (TPSA) is 37.3 Å². The van der Waals surface area contributed by atoms with E-state index in [4.69, 9.17) is 5.11 Å². The van der Waals surface area contributed by atoms with E-state index in [0.29, 0.717) is 11.7 Å². The van der Waals surface area contributed by atoms with E-state index in [-0.39, 0.29) is 5.56 Å². The number of carboxylic acid groups (broad SMARTS) is 1. The van der Waals surface area contributed by atoms with Crippen LogP contribution in [0.4, 0.5) is 4.39 Å². The number of benzene rings is 2. The van der Waals surface area contributed by atoms with Crippen LogP contribution in [0.25, 0.3) is 0 Å². The van der Waals surface area contributed by atoms with Crippen LogP contribution in [0.15, 0.2) is 47.4 Å². The van der Waals surface area contributed by atoms with Crippen LogP contribution in [0, 0.1) is 5.82 Å². The molecule has 0 aliphatic rings. The van der Waals surface area contributed by atoms with Crippen LogP contribution < -0.4 is 0 Å². The van der Waals surface area contributed by atoms with Crippen LogP contribution in [-0.4, -0.2) is 11.1 Å². The Kier molecular flexibility index (Phi) is 5.02. The number of thioether (sulfide) groups is 1. The van der Waals surface area contributed by atoms with Crippen LogP contribution in [0.2, 0.25) is 0 Å². The number of carbonyl (C=O) groups is 1. The predicted molar refractivity (Wildman–Crippen MR) is 83.5 cm³/mol. The zero-order chi connectivity index (χ0) is 15.4. The van der Waals surface area contributed by atoms with Crippen molar-refractivity contribution in [3.05, 3.63) is 65.0 Å². The van der Waals surface area contributed by atoms with Gasteiger partial charge in [-0.2, -0.15) is 0 Å². The van der Waals surface area contributed by atoms with Crippen molar-refractivity contribution in [2.24, 2.45) is 0 Å². The third-order valence-corrected chi connectivity index (χ3v) is 4.30. The predicted octanol–water partition coefficient (Wildman–Crippen LogP) is 4.94. The third kappa shape index (κ3) is 4.08. The number of aromatic carboxylic acids is 1. The van der Waals surface area contributed by atoms with Crippen LogP contribution in [0.1, 0.15) is 41.3 Å². The Morgan fingerprint density at radius 3 is 2.38 bits per heavy atom. The first-order valence-electron chi connectivity index (χ1n) is 6.72. The second kappa shape index (κ2) is 6.76. The molecule has 0 amide bonds. The lowest BCUT2D eigenvalue weighted by Crippen LogP contribution is -2.00. The van der Waals surface area contributed by atoms with Crippen molar-refractivity contribution in [1.82, 2.24) is 0 Å². The first-order valence-corrected chi connectivity index (χ1v) is 7.70. The van der Waals surface area contributed by atoms with Crippen molar-refractivity contribution in [3.8, 4) is 0 Å². The molecule has 0 atom stereocenters. The summed E-state index contributed by atoms with van der Waals surface area (Å²) in [5.41, 5.74) is 1.77. The molecule has 0 aromatic heterocycles. The Labute approximate surface area is 128 Å². The number of rotatable bonds is 5. The Morgan fingerprint density at radius 2 is 1.86 bits per heavy atom. The van der Waals surface area contributed by atoms with E-state index in [0.717, 1.165) is 10.5 Å². The van der Waals surface area contributed by atoms with E-state index in [1.807, 2.05) is 0 Å². The highest BCUT2D eigenvalue weighted by Gasteiger charge is 2.10. The average Bonchev–Trinajstić information content (AvgIpc) is 2.45. The van der Waals surface area contributed by atoms with Gasteiger partial charge in [0.15, 0.2) is 0 Å². The van der Waals surface area contributed by atoms with E-state index >= 15 is 0 Å². The minimum Gasteiger partial charge on any atom is -0.478 e. The van der Waals surface area contributed by atoms with E-state index < -0.39 is 11.8 Å². The zero-order valence-electron chi connectivity index (χ0n) is 12.0. The summed E-state index contributed by atoms with van der Waals surface area (Å²) in [7, 11) is 0. The van der Waals surface area contributed by atoms with Gasteiger partial charge in [0.25, 0.3) is 0 Å². The maximum absolute atomic E-state index is 13.6. The Balaban J connectivity index is 2.03. The molecule has 4 heteroatoms. The summed E-state index contributed by atoms with van der Waals surface area (Å²) in [6.45, 7) is 4.30. The first-order chi connectivity index (χ1) is 9.97. The molecule has 0 spiro atoms. The fourth-order valence-corrected chi connectivity index (χ4v) is 2.78. The monoisotopic (exact) mass is 304 g/mol. The third-order valence-electron chi connectivity index (χ3n) is 3.22. The summed E-state index contributed by atoms with van der Waals surface area (Å²) in [5, 5.41) is 8.79. The van der Waals surface area contributed by atoms with E-state index in [9.17, 15) is 9.18 Å². The number of carboxylic acids is 1. The van der Waals surface area contributed by atoms with Crippen molar-refractivity contribution < 1.29 is 14.3 Å². The molecule has 2 nitrogen and oxygen atoms in total. The molecule has 2 aromatic carbocycles. The van der Waals surface area contributed by atoms with Crippen LogP contribution in [0.3, 0.4) is 0 Å². The SMILES string of the molecule is CC(C)c1ccc(SCc2ccc(C(=O)O)c(F)c2)cc1. The summed E-state index contributed by atoms with van der Waals surface area (Å²) < 4.78 is 13.6. The molecule has 0 radical (unpaired) electrons. The number of hydrogen-bond donors (Lipinski definition) is 1. The summed E-state index contributed by atoms with van der Waals surface area (Å²) in [4.78, 5) is 11.9. The van der Waals surface area contributed by atoms with Gasteiger partial charge in [0.1, 0.15) is 5.82 Å². The Bertz CT molecular complexity index is 636. The number of halogens is 1. The maximum Gasteiger partial charge on any atom is 0.338 e. The van der Waals surface area contributed by atoms with Gasteiger partial charge in [-0.25, -0.2) is 9.18 Å². The van der Waals surface area contributed by atoms with Crippen molar-refractivity contribution in [1.29, 1.82) is 0 Å². The first kappa shape index (κ1) is 15.6. The fourth-order valence-electron chi connectivity index (χ4n) is 1.94. The van der Waals surface area contributed by atoms with Crippen molar-refractivity contribution in [3.63, 3.8) is 0 Å². The van der Waals surface area contributed by atoms with E-state index in [1.165, 1.54) is 17.7 Å². The molecule has 0 aliphatic carbocycles. The molecule has 21 heavy (non-hydrogen) atoms. The van der Waals surface area contributed by atoms with Gasteiger partial charge in [0.2, 0.25) is 0 Å². The minimum atomic E-state index is -1.24. The average molecular weight is 304 g/mol. The molecule has 0 fully saturated rings. The van der Waals surface area contributed by atoms with E-state index in [2.05, 4.69) is 38.1 Å². The largest absolute Gasteiger partial charge is 0.478 e. The Morgan fingerprint density at radius 1 is 1.19 bits per heavy atom. The molecule has 1 N–H and O–H groups in total. The summed E-state index contributed by atoms with van der Waals surface area (Å²) in [5.74, 6) is -0.814. The standard InChI is InChI=1S/C17H17FO2S/c1-11(2)13-4-6-14(7-5-13)21-10-12-3-8-15(17(19)20)16(18)9-12/h3-9,11H,10H2,1-2H3,(H,19,20). The van der Waals surface area contributed by atoms with Gasteiger partial charge in [-0.3, -0.25) is 0 Å². The van der Waals surface area contributed by atoms with Crippen LogP contribution >= 0.6 is 11.8 Å². The van der Waals surface area contributed by atoms with Gasteiger partial charge < -0.3 is 5.11 Å². The highest BCUT2D eigenvalue weighted by molar-refractivity contribution is 7.98. The smallest absolute Gasteiger partial charge is 0.338 e. The van der Waals surface area contributed by atoms with Gasteiger partial charge >= 0.3 is 5.97 Å². The lowest BCUT2D eigenvalue weighted by molar-refractivity contribution is 0.0692. The normalized spacial score (nSPS) is 10.9. The van der Waals surface area contributed by atoms with Gasteiger partial charge in [0, 0.05) is 10.6 Å². The summed E-state index contributed by atoms with van der Waals surface area (Å²) >= 11 is 1.60. The van der Waals surface area contributed by atoms with Crippen molar-refractivity contribution >= 4 is 17.7 Å². The quantitative estimate of drug-likeness (QED) is 0.795. The maximum atomic E-state index is 13.6. The minimum absolute atomic E-state index is 0.287. The highest BCUT2D eigenvalue weighted by atomic mass is 32.2. The van der Waals surface area contributed by atoms with Gasteiger partial charge in [-0.15, -0.1) is 11.8 Å². The molecule has 0 saturated heterocycles. The van der Waals surface area contributed by atoms with Gasteiger partial charge in [-0.05, 0) is 41.3 Å². The number of hydrogen-bond acceptors (Lipinski definition) is 2. The van der Waals surface area contributed by atoms with Crippen molar-refractivity contribution in [2.75, 3.05) is 0 Å². The highest BCUT2D eigenvalue weighted by Crippen LogP contribution is 2.25.